The molecule has 2 nitrogen and oxygen atoms in total. The molecule has 0 radical (unpaired) electrons. The van der Waals surface area contributed by atoms with Gasteiger partial charge in [0.2, 0.25) is 0 Å². The molecule has 0 spiro atoms. The van der Waals surface area contributed by atoms with Gasteiger partial charge < -0.3 is 10.5 Å². The second kappa shape index (κ2) is 6.37. The van der Waals surface area contributed by atoms with Crippen LogP contribution in [0.4, 0.5) is 4.39 Å². The summed E-state index contributed by atoms with van der Waals surface area (Å²) in [5.41, 5.74) is 8.06. The fraction of sp³-hybridized carbons (Fsp3) is 0.250. The number of benzene rings is 2. The van der Waals surface area contributed by atoms with Crippen LogP contribution in [0.3, 0.4) is 0 Å². The Hall–Kier alpha value is -1.39. The molecule has 4 heteroatoms. The Balaban J connectivity index is 2.33. The Morgan fingerprint density at radius 2 is 1.95 bits per heavy atom. The van der Waals surface area contributed by atoms with Crippen molar-refractivity contribution >= 4 is 15.9 Å². The third-order valence-electron chi connectivity index (χ3n) is 3.00. The molecule has 2 aromatic carbocycles. The highest BCUT2D eigenvalue weighted by molar-refractivity contribution is 9.10. The molecule has 2 rings (SSSR count). The first kappa shape index (κ1) is 15.0. The summed E-state index contributed by atoms with van der Waals surface area (Å²) in [6, 6.07) is 12.3. The summed E-state index contributed by atoms with van der Waals surface area (Å²) < 4.78 is 20.4. The van der Waals surface area contributed by atoms with Crippen LogP contribution < -0.4 is 10.5 Å². The average molecular weight is 338 g/mol. The Kier molecular flexibility index (Phi) is 4.78. The van der Waals surface area contributed by atoms with Crippen LogP contribution in [0.25, 0.3) is 0 Å². The molecule has 0 heterocycles. The van der Waals surface area contributed by atoms with Gasteiger partial charge in [-0.15, -0.1) is 0 Å². The number of ether oxygens (including phenoxy) is 1. The zero-order valence-electron chi connectivity index (χ0n) is 11.4. The van der Waals surface area contributed by atoms with E-state index < -0.39 is 11.9 Å². The molecule has 0 aliphatic rings. The zero-order valence-corrected chi connectivity index (χ0v) is 13.0. The van der Waals surface area contributed by atoms with E-state index in [-0.39, 0.29) is 11.8 Å². The minimum absolute atomic E-state index is 0.197. The third kappa shape index (κ3) is 3.58. The highest BCUT2D eigenvalue weighted by Crippen LogP contribution is 2.29. The molecule has 0 aliphatic carbocycles. The van der Waals surface area contributed by atoms with E-state index in [9.17, 15) is 4.39 Å². The topological polar surface area (TPSA) is 35.2 Å². The van der Waals surface area contributed by atoms with Crippen molar-refractivity contribution in [2.75, 3.05) is 0 Å². The molecule has 106 valence electrons. The molecule has 2 aromatic rings. The first-order chi connectivity index (χ1) is 9.47. The largest absolute Gasteiger partial charge is 0.481 e. The molecular weight excluding hydrogens is 321 g/mol. The van der Waals surface area contributed by atoms with Crippen LogP contribution in [0.2, 0.25) is 0 Å². The summed E-state index contributed by atoms with van der Waals surface area (Å²) in [7, 11) is 0. The summed E-state index contributed by atoms with van der Waals surface area (Å²) in [5.74, 6) is -0.199. The summed E-state index contributed by atoms with van der Waals surface area (Å²) in [5, 5.41) is 0. The molecule has 2 N–H and O–H groups in total. The zero-order chi connectivity index (χ0) is 14.7. The highest BCUT2D eigenvalue weighted by atomic mass is 79.9. The minimum Gasteiger partial charge on any atom is -0.481 e. The molecule has 0 saturated heterocycles. The smallest absolute Gasteiger partial charge is 0.165 e. The van der Waals surface area contributed by atoms with E-state index in [0.29, 0.717) is 0 Å². The lowest BCUT2D eigenvalue weighted by Crippen LogP contribution is -2.29. The third-order valence-corrected chi connectivity index (χ3v) is 3.49. The molecule has 20 heavy (non-hydrogen) atoms. The molecule has 2 atom stereocenters. The standard InChI is InChI=1S/C16H17BrFNO/c1-10-4-3-5-12(8-10)16(11(2)19)20-15-9-13(17)6-7-14(15)18/h3-9,11,16H,19H2,1-2H3. The molecule has 0 aliphatic heterocycles. The number of hydrogen-bond donors (Lipinski definition) is 1. The maximum Gasteiger partial charge on any atom is 0.165 e. The number of rotatable bonds is 4. The van der Waals surface area contributed by atoms with Crippen LogP contribution in [0.15, 0.2) is 46.9 Å². The van der Waals surface area contributed by atoms with Crippen LogP contribution in [0.1, 0.15) is 24.2 Å². The molecule has 2 unspecified atom stereocenters. The van der Waals surface area contributed by atoms with E-state index in [1.54, 1.807) is 12.1 Å². The predicted octanol–water partition coefficient (Wildman–Crippen LogP) is 4.36. The fourth-order valence-electron chi connectivity index (χ4n) is 2.03. The van der Waals surface area contributed by atoms with Gasteiger partial charge in [0, 0.05) is 10.5 Å². The van der Waals surface area contributed by atoms with Crippen molar-refractivity contribution in [2.45, 2.75) is 26.0 Å². The van der Waals surface area contributed by atoms with Crippen molar-refractivity contribution < 1.29 is 9.13 Å². The van der Waals surface area contributed by atoms with Gasteiger partial charge in [0.25, 0.3) is 0 Å². The predicted molar refractivity (Wildman–Crippen MR) is 82.3 cm³/mol. The van der Waals surface area contributed by atoms with Crippen LogP contribution in [-0.2, 0) is 0 Å². The van der Waals surface area contributed by atoms with E-state index in [2.05, 4.69) is 15.9 Å². The van der Waals surface area contributed by atoms with Crippen LogP contribution in [0.5, 0.6) is 5.75 Å². The van der Waals surface area contributed by atoms with Gasteiger partial charge in [-0.3, -0.25) is 0 Å². The molecule has 0 aromatic heterocycles. The monoisotopic (exact) mass is 337 g/mol. The quantitative estimate of drug-likeness (QED) is 0.899. The molecule has 0 bridgehead atoms. The lowest BCUT2D eigenvalue weighted by atomic mass is 10.0. The number of halogens is 2. The van der Waals surface area contributed by atoms with Crippen LogP contribution in [0, 0.1) is 12.7 Å². The maximum atomic E-state index is 13.8. The van der Waals surface area contributed by atoms with Gasteiger partial charge in [-0.05, 0) is 37.6 Å². The van der Waals surface area contributed by atoms with E-state index in [1.807, 2.05) is 38.1 Å². The van der Waals surface area contributed by atoms with Crippen molar-refractivity contribution in [3.63, 3.8) is 0 Å². The van der Waals surface area contributed by atoms with Crippen molar-refractivity contribution in [1.29, 1.82) is 0 Å². The van der Waals surface area contributed by atoms with Gasteiger partial charge in [0.05, 0.1) is 0 Å². The van der Waals surface area contributed by atoms with E-state index in [1.165, 1.54) is 6.07 Å². The van der Waals surface area contributed by atoms with E-state index in [0.717, 1.165) is 15.6 Å². The first-order valence-electron chi connectivity index (χ1n) is 6.41. The molecule has 0 saturated carbocycles. The number of nitrogens with two attached hydrogens (primary N) is 1. The van der Waals surface area contributed by atoms with Crippen molar-refractivity contribution in [2.24, 2.45) is 5.73 Å². The SMILES string of the molecule is Cc1cccc(C(Oc2cc(Br)ccc2F)C(C)N)c1. The Morgan fingerprint density at radius 1 is 1.20 bits per heavy atom. The Bertz CT molecular complexity index is 601. The summed E-state index contributed by atoms with van der Waals surface area (Å²) >= 11 is 3.31. The Morgan fingerprint density at radius 3 is 2.60 bits per heavy atom. The second-order valence-corrected chi connectivity index (χ2v) is 5.80. The van der Waals surface area contributed by atoms with Crippen molar-refractivity contribution in [3.8, 4) is 5.75 Å². The molecule has 0 amide bonds. The van der Waals surface area contributed by atoms with Gasteiger partial charge in [-0.2, -0.15) is 0 Å². The molecular formula is C16H17BrFNO. The van der Waals surface area contributed by atoms with Crippen molar-refractivity contribution in [1.82, 2.24) is 0 Å². The van der Waals surface area contributed by atoms with Gasteiger partial charge >= 0.3 is 0 Å². The summed E-state index contributed by atoms with van der Waals surface area (Å²) in [6.45, 7) is 3.85. The lowest BCUT2D eigenvalue weighted by molar-refractivity contribution is 0.172. The van der Waals surface area contributed by atoms with E-state index in [4.69, 9.17) is 10.5 Å². The average Bonchev–Trinajstić information content (AvgIpc) is 2.39. The lowest BCUT2D eigenvalue weighted by Gasteiger charge is -2.23. The van der Waals surface area contributed by atoms with Crippen molar-refractivity contribution in [3.05, 3.63) is 63.9 Å². The fourth-order valence-corrected chi connectivity index (χ4v) is 2.37. The summed E-state index contributed by atoms with van der Waals surface area (Å²) in [4.78, 5) is 0. The van der Waals surface area contributed by atoms with Crippen LogP contribution in [-0.4, -0.2) is 6.04 Å². The van der Waals surface area contributed by atoms with Gasteiger partial charge in [-0.25, -0.2) is 4.39 Å². The minimum atomic E-state index is -0.397. The first-order valence-corrected chi connectivity index (χ1v) is 7.20. The molecule has 0 fully saturated rings. The number of aryl methyl sites for hydroxylation is 1. The van der Waals surface area contributed by atoms with Gasteiger partial charge in [-0.1, -0.05) is 45.8 Å². The number of hydrogen-bond acceptors (Lipinski definition) is 2. The second-order valence-electron chi connectivity index (χ2n) is 4.89. The summed E-state index contributed by atoms with van der Waals surface area (Å²) in [6.07, 6.45) is -0.390. The Labute approximate surface area is 126 Å². The highest BCUT2D eigenvalue weighted by Gasteiger charge is 2.20. The maximum absolute atomic E-state index is 13.8. The van der Waals surface area contributed by atoms with E-state index >= 15 is 0 Å². The van der Waals surface area contributed by atoms with Gasteiger partial charge in [0.15, 0.2) is 11.6 Å². The van der Waals surface area contributed by atoms with Crippen LogP contribution >= 0.6 is 15.9 Å². The van der Waals surface area contributed by atoms with Gasteiger partial charge in [0.1, 0.15) is 6.10 Å². The normalized spacial score (nSPS) is 13.8.